The molecular weight excluding hydrogens is 515 g/mol. The Labute approximate surface area is 223 Å². The summed E-state index contributed by atoms with van der Waals surface area (Å²) >= 11 is 1.41. The fraction of sp³-hybridized carbons (Fsp3) is 0.333. The third-order valence-corrected chi connectivity index (χ3v) is 7.58. The molecule has 38 heavy (non-hydrogen) atoms. The monoisotopic (exact) mass is 543 g/mol. The summed E-state index contributed by atoms with van der Waals surface area (Å²) in [6.45, 7) is 1.63. The Balaban J connectivity index is 1.28. The number of benzene rings is 1. The van der Waals surface area contributed by atoms with Crippen LogP contribution in [-0.2, 0) is 12.7 Å². The second-order valence-electron chi connectivity index (χ2n) is 9.20. The van der Waals surface area contributed by atoms with Gasteiger partial charge in [-0.05, 0) is 54.6 Å². The molecule has 200 valence electrons. The number of nitrogens with one attached hydrogen (secondary N) is 1. The van der Waals surface area contributed by atoms with Crippen LogP contribution in [0, 0.1) is 0 Å². The highest BCUT2D eigenvalue weighted by Crippen LogP contribution is 2.29. The van der Waals surface area contributed by atoms with Gasteiger partial charge in [0.15, 0.2) is 0 Å². The summed E-state index contributed by atoms with van der Waals surface area (Å²) in [5.41, 5.74) is 3.81. The van der Waals surface area contributed by atoms with Crippen LogP contribution in [0.3, 0.4) is 0 Å². The number of alkyl halides is 3. The van der Waals surface area contributed by atoms with Crippen LogP contribution >= 0.6 is 11.3 Å². The number of piperidine rings is 1. The number of anilines is 1. The molecule has 1 amide bonds. The maximum atomic E-state index is 13.6. The first kappa shape index (κ1) is 26.2. The minimum absolute atomic E-state index is 0.0391. The molecule has 3 aromatic rings. The maximum Gasteiger partial charge on any atom is 0.433 e. The highest BCUT2D eigenvalue weighted by Gasteiger charge is 2.36. The van der Waals surface area contributed by atoms with Gasteiger partial charge < -0.3 is 9.64 Å². The highest BCUT2D eigenvalue weighted by atomic mass is 32.1. The van der Waals surface area contributed by atoms with Crippen molar-refractivity contribution in [2.75, 3.05) is 25.2 Å². The number of methoxy groups -OCH3 is 1. The maximum absolute atomic E-state index is 13.6. The minimum atomic E-state index is -4.47. The lowest BCUT2D eigenvalue weighted by Gasteiger charge is -2.41. The number of carbonyl (C=O) groups is 1. The molecule has 1 fully saturated rings. The van der Waals surface area contributed by atoms with E-state index in [2.05, 4.69) is 15.3 Å². The molecule has 1 atom stereocenters. The van der Waals surface area contributed by atoms with Crippen molar-refractivity contribution < 1.29 is 22.7 Å². The summed E-state index contributed by atoms with van der Waals surface area (Å²) in [6.07, 6.45) is 0.443. The fourth-order valence-corrected chi connectivity index (χ4v) is 5.50. The molecule has 5 rings (SSSR count). The number of nitrogens with zero attached hydrogens (tertiary/aromatic N) is 4. The van der Waals surface area contributed by atoms with E-state index in [1.54, 1.807) is 13.2 Å². The number of aromatic nitrogens is 1. The van der Waals surface area contributed by atoms with Gasteiger partial charge in [-0.2, -0.15) is 13.2 Å². The molecule has 1 unspecified atom stereocenters. The molecule has 1 N–H and O–H groups in total. The zero-order valence-electron chi connectivity index (χ0n) is 20.8. The van der Waals surface area contributed by atoms with Crippen LogP contribution in [0.5, 0.6) is 5.75 Å². The van der Waals surface area contributed by atoms with Gasteiger partial charge in [0.05, 0.1) is 23.4 Å². The van der Waals surface area contributed by atoms with Crippen molar-refractivity contribution in [2.24, 2.45) is 0 Å². The predicted molar refractivity (Wildman–Crippen MR) is 140 cm³/mol. The Hall–Kier alpha value is -3.41. The van der Waals surface area contributed by atoms with Crippen molar-refractivity contribution in [3.05, 3.63) is 88.5 Å². The molecule has 11 heteroatoms. The van der Waals surface area contributed by atoms with Gasteiger partial charge >= 0.3 is 6.18 Å². The third-order valence-electron chi connectivity index (χ3n) is 6.72. The van der Waals surface area contributed by atoms with Crippen molar-refractivity contribution in [2.45, 2.75) is 37.8 Å². The molecule has 0 saturated carbocycles. The first-order valence-electron chi connectivity index (χ1n) is 12.3. The number of carbonyl (C=O) groups excluding carboxylic acids is 1. The molecule has 0 spiro atoms. The normalized spacial score (nSPS) is 18.6. The van der Waals surface area contributed by atoms with Gasteiger partial charge in [0.25, 0.3) is 5.91 Å². The number of likely N-dealkylation sites (tertiary alicyclic amines) is 1. The lowest BCUT2D eigenvalue weighted by atomic mass is 10.0. The van der Waals surface area contributed by atoms with E-state index in [1.165, 1.54) is 17.4 Å². The van der Waals surface area contributed by atoms with Crippen molar-refractivity contribution >= 4 is 22.9 Å². The van der Waals surface area contributed by atoms with Crippen molar-refractivity contribution in [1.29, 1.82) is 0 Å². The number of halogens is 3. The van der Waals surface area contributed by atoms with Gasteiger partial charge in [-0.1, -0.05) is 18.2 Å². The standard InChI is InChI=1S/C27H28F3N5O2S/c1-37-22-7-3-6-21(17-22)34-15-12-25(32-34)35(26(36)23-8-4-16-38-23)20-10-13-33(14-11-20)18-19-5-2-9-24(31-19)27(28,29)30/h2-9,12,15-17,20,25,32H,10-11,13-14,18H2,1H3. The summed E-state index contributed by atoms with van der Waals surface area (Å²) in [7, 11) is 1.62. The number of thiophene rings is 1. The van der Waals surface area contributed by atoms with E-state index in [4.69, 9.17) is 4.74 Å². The molecule has 0 bridgehead atoms. The van der Waals surface area contributed by atoms with Gasteiger partial charge in [-0.25, -0.2) is 10.4 Å². The van der Waals surface area contributed by atoms with Crippen molar-refractivity contribution in [3.8, 4) is 5.75 Å². The third kappa shape index (κ3) is 5.85. The van der Waals surface area contributed by atoms with Gasteiger partial charge in [0.1, 0.15) is 17.6 Å². The van der Waals surface area contributed by atoms with Gasteiger partial charge in [-0.15, -0.1) is 11.3 Å². The smallest absolute Gasteiger partial charge is 0.433 e. The molecular formula is C27H28F3N5O2S. The second-order valence-corrected chi connectivity index (χ2v) is 10.1. The Morgan fingerprint density at radius 1 is 1.16 bits per heavy atom. The number of amides is 1. The van der Waals surface area contributed by atoms with Crippen LogP contribution in [0.1, 0.15) is 33.9 Å². The van der Waals surface area contributed by atoms with E-state index in [0.29, 0.717) is 43.0 Å². The lowest BCUT2D eigenvalue weighted by Crippen LogP contribution is -2.56. The van der Waals surface area contributed by atoms with Crippen LogP contribution < -0.4 is 15.2 Å². The van der Waals surface area contributed by atoms with E-state index >= 15 is 0 Å². The van der Waals surface area contributed by atoms with Gasteiger partial charge in [-0.3, -0.25) is 14.7 Å². The number of hydrogen-bond acceptors (Lipinski definition) is 7. The van der Waals surface area contributed by atoms with Crippen LogP contribution in [0.25, 0.3) is 0 Å². The van der Waals surface area contributed by atoms with Gasteiger partial charge in [0, 0.05) is 37.9 Å². The largest absolute Gasteiger partial charge is 0.497 e. The molecule has 1 saturated heterocycles. The lowest BCUT2D eigenvalue weighted by molar-refractivity contribution is -0.141. The topological polar surface area (TPSA) is 60.9 Å². The highest BCUT2D eigenvalue weighted by molar-refractivity contribution is 7.12. The number of ether oxygens (including phenoxy) is 1. The van der Waals surface area contributed by atoms with Crippen LogP contribution in [0.2, 0.25) is 0 Å². The Kier molecular flexibility index (Phi) is 7.68. The fourth-order valence-electron chi connectivity index (χ4n) is 4.83. The molecule has 0 radical (unpaired) electrons. The number of rotatable bonds is 7. The van der Waals surface area contributed by atoms with Crippen LogP contribution in [0.4, 0.5) is 18.9 Å². The SMILES string of the molecule is COc1cccc(N2C=CC(N(C(=O)c3cccs3)C3CCN(Cc4cccc(C(F)(F)F)n4)CC3)N2)c1. The summed E-state index contributed by atoms with van der Waals surface area (Å²) in [5.74, 6) is 0.683. The van der Waals surface area contributed by atoms with Gasteiger partial charge in [0.2, 0.25) is 0 Å². The van der Waals surface area contributed by atoms with E-state index in [0.717, 1.165) is 17.5 Å². The second kappa shape index (κ2) is 11.1. The number of pyridine rings is 1. The predicted octanol–water partition coefficient (Wildman–Crippen LogP) is 5.14. The van der Waals surface area contributed by atoms with Crippen molar-refractivity contribution in [3.63, 3.8) is 0 Å². The average Bonchev–Trinajstić information content (AvgIpc) is 3.63. The first-order chi connectivity index (χ1) is 18.3. The molecule has 4 heterocycles. The van der Waals surface area contributed by atoms with Crippen LogP contribution in [-0.4, -0.2) is 53.1 Å². The zero-order chi connectivity index (χ0) is 26.7. The number of hydrogen-bond donors (Lipinski definition) is 1. The minimum Gasteiger partial charge on any atom is -0.497 e. The average molecular weight is 544 g/mol. The van der Waals surface area contributed by atoms with E-state index in [1.807, 2.05) is 64.0 Å². The quantitative estimate of drug-likeness (QED) is 0.445. The molecule has 7 nitrogen and oxygen atoms in total. The zero-order valence-corrected chi connectivity index (χ0v) is 21.6. The summed E-state index contributed by atoms with van der Waals surface area (Å²) in [4.78, 5) is 22.1. The molecule has 0 aliphatic carbocycles. The summed E-state index contributed by atoms with van der Waals surface area (Å²) in [6, 6.07) is 15.3. The molecule has 2 aliphatic heterocycles. The molecule has 2 aliphatic rings. The Bertz CT molecular complexity index is 1280. The Morgan fingerprint density at radius 3 is 2.66 bits per heavy atom. The first-order valence-corrected chi connectivity index (χ1v) is 13.2. The van der Waals surface area contributed by atoms with Crippen molar-refractivity contribution in [1.82, 2.24) is 20.2 Å². The molecule has 2 aromatic heterocycles. The summed E-state index contributed by atoms with van der Waals surface area (Å²) < 4.78 is 44.5. The van der Waals surface area contributed by atoms with E-state index < -0.39 is 11.9 Å². The van der Waals surface area contributed by atoms with Crippen LogP contribution in [0.15, 0.2) is 72.3 Å². The Morgan fingerprint density at radius 2 is 1.95 bits per heavy atom. The summed E-state index contributed by atoms with van der Waals surface area (Å²) in [5, 5.41) is 3.76. The van der Waals surface area contributed by atoms with E-state index in [9.17, 15) is 18.0 Å². The van der Waals surface area contributed by atoms with E-state index in [-0.39, 0.29) is 18.1 Å². The number of hydrazine groups is 1. The molecule has 1 aromatic carbocycles.